The van der Waals surface area contributed by atoms with Gasteiger partial charge in [0.25, 0.3) is 0 Å². The molecule has 0 spiro atoms. The van der Waals surface area contributed by atoms with Gasteiger partial charge in [-0.05, 0) is 24.6 Å². The normalized spacial score (nSPS) is 15.4. The number of hydrogen-bond acceptors (Lipinski definition) is 3. The standard InChI is InChI=1S/C19H22N2O2/c1-15-7-8-18(14-20-15)23-17-9-11-21(12-10-17)19(22)13-16-5-3-2-4-6-16/h2-8,14,17H,9-13H2,1H3. The van der Waals surface area contributed by atoms with Crippen LogP contribution in [0.3, 0.4) is 0 Å². The first kappa shape index (κ1) is 15.5. The molecule has 0 atom stereocenters. The third-order valence-electron chi connectivity index (χ3n) is 4.18. The minimum atomic E-state index is 0.167. The molecule has 0 unspecified atom stereocenters. The monoisotopic (exact) mass is 310 g/mol. The number of nitrogens with zero attached hydrogens (tertiary/aromatic N) is 2. The lowest BCUT2D eigenvalue weighted by molar-refractivity contribution is -0.132. The molecule has 0 saturated carbocycles. The van der Waals surface area contributed by atoms with Gasteiger partial charge in [0.15, 0.2) is 0 Å². The molecular formula is C19H22N2O2. The lowest BCUT2D eigenvalue weighted by Gasteiger charge is -2.32. The second kappa shape index (κ2) is 7.27. The van der Waals surface area contributed by atoms with Gasteiger partial charge in [0.1, 0.15) is 11.9 Å². The summed E-state index contributed by atoms with van der Waals surface area (Å²) in [5, 5.41) is 0. The number of benzene rings is 1. The van der Waals surface area contributed by atoms with E-state index < -0.39 is 0 Å². The van der Waals surface area contributed by atoms with Gasteiger partial charge in [0.2, 0.25) is 5.91 Å². The van der Waals surface area contributed by atoms with E-state index in [2.05, 4.69) is 4.98 Å². The molecule has 0 bridgehead atoms. The van der Waals surface area contributed by atoms with Crippen LogP contribution in [0.4, 0.5) is 0 Å². The summed E-state index contributed by atoms with van der Waals surface area (Å²) in [5.41, 5.74) is 2.06. The molecule has 1 amide bonds. The number of pyridine rings is 1. The van der Waals surface area contributed by atoms with E-state index in [1.165, 1.54) is 0 Å². The van der Waals surface area contributed by atoms with Gasteiger partial charge in [-0.25, -0.2) is 0 Å². The molecule has 1 aromatic carbocycles. The van der Waals surface area contributed by atoms with E-state index in [-0.39, 0.29) is 12.0 Å². The van der Waals surface area contributed by atoms with E-state index in [1.807, 2.05) is 54.3 Å². The number of likely N-dealkylation sites (tertiary alicyclic amines) is 1. The summed E-state index contributed by atoms with van der Waals surface area (Å²) in [6, 6.07) is 13.8. The second-order valence-electron chi connectivity index (χ2n) is 6.00. The van der Waals surface area contributed by atoms with Crippen LogP contribution in [0.1, 0.15) is 24.1 Å². The van der Waals surface area contributed by atoms with Gasteiger partial charge < -0.3 is 9.64 Å². The zero-order valence-corrected chi connectivity index (χ0v) is 13.4. The molecule has 1 saturated heterocycles. The molecule has 2 aromatic rings. The second-order valence-corrected chi connectivity index (χ2v) is 6.00. The average molecular weight is 310 g/mol. The van der Waals surface area contributed by atoms with Crippen LogP contribution in [0.5, 0.6) is 5.75 Å². The van der Waals surface area contributed by atoms with Gasteiger partial charge in [-0.1, -0.05) is 30.3 Å². The summed E-state index contributed by atoms with van der Waals surface area (Å²) in [6.07, 6.45) is 4.15. The number of amides is 1. The zero-order chi connectivity index (χ0) is 16.1. The van der Waals surface area contributed by atoms with Crippen LogP contribution in [0.25, 0.3) is 0 Å². The predicted octanol–water partition coefficient (Wildman–Crippen LogP) is 3.00. The smallest absolute Gasteiger partial charge is 0.226 e. The minimum Gasteiger partial charge on any atom is -0.489 e. The van der Waals surface area contributed by atoms with Gasteiger partial charge in [0, 0.05) is 31.6 Å². The Morgan fingerprint density at radius 1 is 1.17 bits per heavy atom. The molecule has 1 aliphatic rings. The molecule has 0 radical (unpaired) electrons. The van der Waals surface area contributed by atoms with E-state index >= 15 is 0 Å². The fourth-order valence-electron chi connectivity index (χ4n) is 2.82. The van der Waals surface area contributed by atoms with Crippen molar-refractivity contribution in [1.29, 1.82) is 0 Å². The molecule has 0 N–H and O–H groups in total. The quantitative estimate of drug-likeness (QED) is 0.872. The molecule has 3 rings (SSSR count). The fourth-order valence-corrected chi connectivity index (χ4v) is 2.82. The Balaban J connectivity index is 1.48. The largest absolute Gasteiger partial charge is 0.489 e. The minimum absolute atomic E-state index is 0.167. The van der Waals surface area contributed by atoms with E-state index in [0.29, 0.717) is 6.42 Å². The maximum absolute atomic E-state index is 12.3. The Morgan fingerprint density at radius 3 is 2.57 bits per heavy atom. The number of aromatic nitrogens is 1. The molecule has 4 nitrogen and oxygen atoms in total. The Hall–Kier alpha value is -2.36. The molecule has 120 valence electrons. The number of piperidine rings is 1. The van der Waals surface area contributed by atoms with Crippen molar-refractivity contribution in [2.75, 3.05) is 13.1 Å². The van der Waals surface area contributed by atoms with Crippen molar-refractivity contribution in [3.8, 4) is 5.75 Å². The van der Waals surface area contributed by atoms with Crippen LogP contribution in [0.15, 0.2) is 48.7 Å². The van der Waals surface area contributed by atoms with Gasteiger partial charge in [0.05, 0.1) is 12.6 Å². The maximum Gasteiger partial charge on any atom is 0.226 e. The molecule has 0 aliphatic carbocycles. The Morgan fingerprint density at radius 2 is 1.91 bits per heavy atom. The van der Waals surface area contributed by atoms with Gasteiger partial charge in [-0.3, -0.25) is 9.78 Å². The van der Waals surface area contributed by atoms with Crippen LogP contribution in [-0.4, -0.2) is 35.0 Å². The van der Waals surface area contributed by atoms with Crippen molar-refractivity contribution < 1.29 is 9.53 Å². The first-order chi connectivity index (χ1) is 11.2. The van der Waals surface area contributed by atoms with Crippen molar-refractivity contribution in [3.05, 3.63) is 59.9 Å². The van der Waals surface area contributed by atoms with Crippen LogP contribution < -0.4 is 4.74 Å². The molecule has 23 heavy (non-hydrogen) atoms. The molecule has 1 aliphatic heterocycles. The van der Waals surface area contributed by atoms with E-state index in [4.69, 9.17) is 4.74 Å². The number of aryl methyl sites for hydroxylation is 1. The van der Waals surface area contributed by atoms with Gasteiger partial charge >= 0.3 is 0 Å². The summed E-state index contributed by atoms with van der Waals surface area (Å²) in [6.45, 7) is 3.48. The topological polar surface area (TPSA) is 42.4 Å². The predicted molar refractivity (Wildman–Crippen MR) is 89.4 cm³/mol. The van der Waals surface area contributed by atoms with Crippen LogP contribution >= 0.6 is 0 Å². The molecule has 4 heteroatoms. The number of ether oxygens (including phenoxy) is 1. The molecular weight excluding hydrogens is 288 g/mol. The highest BCUT2D eigenvalue weighted by atomic mass is 16.5. The highest BCUT2D eigenvalue weighted by Crippen LogP contribution is 2.19. The average Bonchev–Trinajstić information content (AvgIpc) is 2.58. The number of carbonyl (C=O) groups excluding carboxylic acids is 1. The third kappa shape index (κ3) is 4.31. The fraction of sp³-hybridized carbons (Fsp3) is 0.368. The lowest BCUT2D eigenvalue weighted by atomic mass is 10.1. The first-order valence-corrected chi connectivity index (χ1v) is 8.12. The van der Waals surface area contributed by atoms with E-state index in [0.717, 1.165) is 42.9 Å². The Kier molecular flexibility index (Phi) is 4.91. The first-order valence-electron chi connectivity index (χ1n) is 8.12. The Labute approximate surface area is 137 Å². The SMILES string of the molecule is Cc1ccc(OC2CCN(C(=O)Cc3ccccc3)CC2)cn1. The summed E-state index contributed by atoms with van der Waals surface area (Å²) >= 11 is 0. The van der Waals surface area contributed by atoms with E-state index in [1.54, 1.807) is 6.20 Å². The van der Waals surface area contributed by atoms with Gasteiger partial charge in [-0.15, -0.1) is 0 Å². The summed E-state index contributed by atoms with van der Waals surface area (Å²) in [4.78, 5) is 18.5. The number of hydrogen-bond donors (Lipinski definition) is 0. The summed E-state index contributed by atoms with van der Waals surface area (Å²) in [5.74, 6) is 1.01. The van der Waals surface area contributed by atoms with Crippen molar-refractivity contribution in [3.63, 3.8) is 0 Å². The maximum atomic E-state index is 12.3. The zero-order valence-electron chi connectivity index (χ0n) is 13.4. The highest BCUT2D eigenvalue weighted by Gasteiger charge is 2.23. The lowest BCUT2D eigenvalue weighted by Crippen LogP contribution is -2.42. The van der Waals surface area contributed by atoms with Crippen molar-refractivity contribution in [1.82, 2.24) is 9.88 Å². The summed E-state index contributed by atoms with van der Waals surface area (Å²) < 4.78 is 5.96. The molecule has 1 fully saturated rings. The van der Waals surface area contributed by atoms with Gasteiger partial charge in [-0.2, -0.15) is 0 Å². The Bertz CT molecular complexity index is 632. The highest BCUT2D eigenvalue weighted by molar-refractivity contribution is 5.78. The van der Waals surface area contributed by atoms with Crippen molar-refractivity contribution >= 4 is 5.91 Å². The van der Waals surface area contributed by atoms with Crippen molar-refractivity contribution in [2.24, 2.45) is 0 Å². The van der Waals surface area contributed by atoms with Crippen molar-refractivity contribution in [2.45, 2.75) is 32.3 Å². The number of carbonyl (C=O) groups is 1. The third-order valence-corrected chi connectivity index (χ3v) is 4.18. The molecule has 2 heterocycles. The van der Waals surface area contributed by atoms with E-state index in [9.17, 15) is 4.79 Å². The van der Waals surface area contributed by atoms with Crippen LogP contribution in [0, 0.1) is 6.92 Å². The molecule has 1 aromatic heterocycles. The number of rotatable bonds is 4. The van der Waals surface area contributed by atoms with Crippen LogP contribution in [-0.2, 0) is 11.2 Å². The van der Waals surface area contributed by atoms with Crippen LogP contribution in [0.2, 0.25) is 0 Å². The summed E-state index contributed by atoms with van der Waals surface area (Å²) in [7, 11) is 0.